The highest BCUT2D eigenvalue weighted by Gasteiger charge is 2.16. The summed E-state index contributed by atoms with van der Waals surface area (Å²) in [4.78, 5) is 15.6. The lowest BCUT2D eigenvalue weighted by Gasteiger charge is -2.16. The van der Waals surface area contributed by atoms with Gasteiger partial charge in [0.1, 0.15) is 29.4 Å². The van der Waals surface area contributed by atoms with Crippen molar-refractivity contribution in [1.29, 1.82) is 0 Å². The van der Waals surface area contributed by atoms with Gasteiger partial charge in [-0.05, 0) is 43.4 Å². The van der Waals surface area contributed by atoms with Crippen LogP contribution in [-0.4, -0.2) is 35.5 Å². The van der Waals surface area contributed by atoms with Crippen LogP contribution in [0.2, 0.25) is 0 Å². The van der Waals surface area contributed by atoms with Crippen LogP contribution in [0.1, 0.15) is 6.92 Å². The fourth-order valence-electron chi connectivity index (χ4n) is 3.56. The molecule has 2 heterocycles. The van der Waals surface area contributed by atoms with E-state index >= 15 is 0 Å². The zero-order chi connectivity index (χ0) is 23.2. The van der Waals surface area contributed by atoms with Crippen molar-refractivity contribution in [3.8, 4) is 28.4 Å². The Balaban J connectivity index is 1.76. The smallest absolute Gasteiger partial charge is 0.274 e. The number of nitrogens with zero attached hydrogens (tertiary/aromatic N) is 1. The van der Waals surface area contributed by atoms with Crippen molar-refractivity contribution in [3.63, 3.8) is 0 Å². The Bertz CT molecular complexity index is 1300. The molecule has 33 heavy (non-hydrogen) atoms. The van der Waals surface area contributed by atoms with Gasteiger partial charge >= 0.3 is 0 Å². The molecule has 0 spiro atoms. The molecule has 2 aromatic heterocycles. The molecule has 0 bridgehead atoms. The number of nitrogens with one attached hydrogen (secondary N) is 3. The lowest BCUT2D eigenvalue weighted by Crippen LogP contribution is -2.16. The normalized spacial score (nSPS) is 11.0. The highest BCUT2D eigenvalue weighted by Crippen LogP contribution is 2.39. The van der Waals surface area contributed by atoms with E-state index in [4.69, 9.17) is 9.47 Å². The molecule has 0 aliphatic heterocycles. The van der Waals surface area contributed by atoms with Gasteiger partial charge in [-0.3, -0.25) is 4.79 Å². The Morgan fingerprint density at radius 3 is 2.76 bits per heavy atom. The van der Waals surface area contributed by atoms with Crippen LogP contribution in [0.5, 0.6) is 17.2 Å². The molecular weight excluding hydrogens is 436 g/mol. The molecule has 0 saturated carbocycles. The third-order valence-corrected chi connectivity index (χ3v) is 5.82. The summed E-state index contributed by atoms with van der Waals surface area (Å²) in [6, 6.07) is 15.5. The fraction of sp³-hybridized carbons (Fsp3) is 0.240. The second kappa shape index (κ2) is 10.5. The number of pyridine rings is 1. The maximum atomic E-state index is 12.6. The summed E-state index contributed by atoms with van der Waals surface area (Å²) >= 11 is 1.62. The number of aryl methyl sites for hydroxylation is 1. The number of benzene rings is 2. The van der Waals surface area contributed by atoms with E-state index in [2.05, 4.69) is 28.0 Å². The number of hydrogen-bond donors (Lipinski definition) is 3. The van der Waals surface area contributed by atoms with Gasteiger partial charge in [-0.25, -0.2) is 0 Å². The van der Waals surface area contributed by atoms with Crippen molar-refractivity contribution < 1.29 is 9.47 Å². The van der Waals surface area contributed by atoms with E-state index in [1.807, 2.05) is 55.7 Å². The highest BCUT2D eigenvalue weighted by atomic mass is 32.2. The molecule has 0 saturated heterocycles. The topological polar surface area (TPSA) is 80.3 Å². The predicted octanol–water partition coefficient (Wildman–Crippen LogP) is 5.00. The minimum atomic E-state index is -0.0662. The third-order valence-electron chi connectivity index (χ3n) is 5.15. The molecule has 0 amide bonds. The predicted molar refractivity (Wildman–Crippen MR) is 137 cm³/mol. The van der Waals surface area contributed by atoms with Crippen LogP contribution < -0.4 is 25.1 Å². The van der Waals surface area contributed by atoms with Crippen molar-refractivity contribution in [2.45, 2.75) is 6.92 Å². The number of fused-ring (bicyclic) bond motifs is 1. The second-order valence-corrected chi connectivity index (χ2v) is 8.57. The van der Waals surface area contributed by atoms with Crippen LogP contribution in [0.4, 0.5) is 5.69 Å². The number of rotatable bonds is 10. The summed E-state index contributed by atoms with van der Waals surface area (Å²) in [6.07, 6.45) is 3.64. The van der Waals surface area contributed by atoms with Gasteiger partial charge in [0.15, 0.2) is 0 Å². The molecule has 3 N–H and O–H groups in total. The van der Waals surface area contributed by atoms with Crippen LogP contribution in [0.3, 0.4) is 0 Å². The molecule has 4 rings (SSSR count). The van der Waals surface area contributed by atoms with E-state index < -0.39 is 0 Å². The molecule has 8 heteroatoms. The largest absolute Gasteiger partial charge is 0.492 e. The zero-order valence-corrected chi connectivity index (χ0v) is 19.8. The number of H-pyrrole nitrogens is 1. The number of ether oxygens (including phenoxy) is 2. The monoisotopic (exact) mass is 464 g/mol. The first-order valence-corrected chi connectivity index (χ1v) is 11.8. The fourth-order valence-corrected chi connectivity index (χ4v) is 4.00. The first-order valence-electron chi connectivity index (χ1n) is 10.8. The molecular formula is C25H28N4O3S. The van der Waals surface area contributed by atoms with Gasteiger partial charge in [0.05, 0.1) is 0 Å². The van der Waals surface area contributed by atoms with E-state index in [0.29, 0.717) is 23.6 Å². The summed E-state index contributed by atoms with van der Waals surface area (Å²) in [5, 5.41) is 3.92. The lowest BCUT2D eigenvalue weighted by molar-refractivity contribution is 0.317. The van der Waals surface area contributed by atoms with Crippen LogP contribution >= 0.6 is 11.9 Å². The SMILES string of the molecule is CCSNc1ccc(Oc2cccc(OCCNC)c2)c(-c2cn(C)c(=O)c3[nH]ccc23)c1. The Hall–Kier alpha value is -3.36. The van der Waals surface area contributed by atoms with Crippen molar-refractivity contribution in [1.82, 2.24) is 14.9 Å². The molecule has 4 aromatic rings. The minimum Gasteiger partial charge on any atom is -0.492 e. The molecule has 2 aromatic carbocycles. The van der Waals surface area contributed by atoms with Gasteiger partial charge in [0, 0.05) is 60.0 Å². The zero-order valence-electron chi connectivity index (χ0n) is 19.0. The summed E-state index contributed by atoms with van der Waals surface area (Å²) in [7, 11) is 3.65. The van der Waals surface area contributed by atoms with E-state index in [9.17, 15) is 4.79 Å². The van der Waals surface area contributed by atoms with Crippen LogP contribution in [0.25, 0.3) is 22.0 Å². The van der Waals surface area contributed by atoms with Gasteiger partial charge in [0.25, 0.3) is 5.56 Å². The molecule has 172 valence electrons. The van der Waals surface area contributed by atoms with E-state index in [1.165, 1.54) is 0 Å². The van der Waals surface area contributed by atoms with Gasteiger partial charge in [-0.1, -0.05) is 24.9 Å². The molecule has 0 radical (unpaired) electrons. The molecule has 0 aliphatic carbocycles. The summed E-state index contributed by atoms with van der Waals surface area (Å²) in [5.41, 5.74) is 3.27. The Kier molecular flexibility index (Phi) is 7.26. The summed E-state index contributed by atoms with van der Waals surface area (Å²) < 4.78 is 17.1. The van der Waals surface area contributed by atoms with E-state index in [0.717, 1.165) is 40.2 Å². The van der Waals surface area contributed by atoms with Crippen molar-refractivity contribution >= 4 is 28.5 Å². The maximum absolute atomic E-state index is 12.6. The van der Waals surface area contributed by atoms with Gasteiger partial charge in [0.2, 0.25) is 0 Å². The van der Waals surface area contributed by atoms with Crippen molar-refractivity contribution in [2.24, 2.45) is 7.05 Å². The van der Waals surface area contributed by atoms with Gasteiger partial charge < -0.3 is 29.1 Å². The second-order valence-electron chi connectivity index (χ2n) is 7.50. The van der Waals surface area contributed by atoms with Crippen molar-refractivity contribution in [3.05, 3.63) is 71.3 Å². The number of anilines is 1. The van der Waals surface area contributed by atoms with Crippen molar-refractivity contribution in [2.75, 3.05) is 30.7 Å². The Morgan fingerprint density at radius 2 is 1.94 bits per heavy atom. The molecule has 7 nitrogen and oxygen atoms in total. The Morgan fingerprint density at radius 1 is 1.09 bits per heavy atom. The minimum absolute atomic E-state index is 0.0662. The lowest BCUT2D eigenvalue weighted by atomic mass is 10.0. The molecule has 0 unspecified atom stereocenters. The number of aromatic nitrogens is 2. The van der Waals surface area contributed by atoms with Crippen LogP contribution in [-0.2, 0) is 7.05 Å². The van der Waals surface area contributed by atoms with Crippen LogP contribution in [0, 0.1) is 0 Å². The number of hydrogen-bond acceptors (Lipinski definition) is 6. The van der Waals surface area contributed by atoms with Gasteiger partial charge in [-0.15, -0.1) is 0 Å². The summed E-state index contributed by atoms with van der Waals surface area (Å²) in [5.74, 6) is 3.06. The first-order chi connectivity index (χ1) is 16.1. The van der Waals surface area contributed by atoms with Crippen LogP contribution in [0.15, 0.2) is 65.7 Å². The third kappa shape index (κ3) is 5.18. The average molecular weight is 465 g/mol. The molecule has 0 atom stereocenters. The number of aromatic amines is 1. The number of likely N-dealkylation sites (N-methyl/N-ethyl adjacent to an activating group) is 1. The molecule has 0 aliphatic rings. The first kappa shape index (κ1) is 22.8. The maximum Gasteiger partial charge on any atom is 0.274 e. The van der Waals surface area contributed by atoms with E-state index in [-0.39, 0.29) is 5.56 Å². The Labute approximate surface area is 197 Å². The van der Waals surface area contributed by atoms with E-state index in [1.54, 1.807) is 29.8 Å². The summed E-state index contributed by atoms with van der Waals surface area (Å²) in [6.45, 7) is 3.43. The molecule has 0 fully saturated rings. The highest BCUT2D eigenvalue weighted by molar-refractivity contribution is 8.00. The van der Waals surface area contributed by atoms with Gasteiger partial charge in [-0.2, -0.15) is 0 Å². The average Bonchev–Trinajstić information content (AvgIpc) is 3.32. The quantitative estimate of drug-likeness (QED) is 0.226. The standard InChI is InChI=1S/C25H28N4O3S/c1-4-33-28-17-8-9-23(32-19-7-5-6-18(15-19)31-13-12-26-2)21(14-17)22-16-29(3)25(30)24-20(22)10-11-27-24/h5-11,14-16,26-28H,4,12-13H2,1-3H3.